The van der Waals surface area contributed by atoms with Crippen LogP contribution in [0.1, 0.15) is 0 Å². The van der Waals surface area contributed by atoms with Gasteiger partial charge in [-0.25, -0.2) is 17.9 Å². The van der Waals surface area contributed by atoms with Crippen molar-refractivity contribution in [2.24, 2.45) is 5.14 Å². The molecule has 0 fully saturated rings. The molecule has 5 nitrogen and oxygen atoms in total. The van der Waals surface area contributed by atoms with E-state index in [1.807, 2.05) is 0 Å². The Hall–Kier alpha value is -2.12. The molecule has 0 aliphatic heterocycles. The lowest BCUT2D eigenvalue weighted by atomic mass is 10.2. The molecule has 0 radical (unpaired) electrons. The van der Waals surface area contributed by atoms with Gasteiger partial charge in [-0.2, -0.15) is 0 Å². The van der Waals surface area contributed by atoms with Crippen LogP contribution in [0.4, 0.5) is 21.5 Å². The van der Waals surface area contributed by atoms with Crippen LogP contribution in [0.25, 0.3) is 0 Å². The Morgan fingerprint density at radius 3 is 2.11 bits per heavy atom. The van der Waals surface area contributed by atoms with E-state index in [2.05, 4.69) is 5.32 Å². The quantitative estimate of drug-likeness (QED) is 0.747. The number of nitrogens with one attached hydrogen (secondary N) is 1. The van der Waals surface area contributed by atoms with Gasteiger partial charge in [0.2, 0.25) is 10.0 Å². The van der Waals surface area contributed by atoms with E-state index in [4.69, 9.17) is 10.9 Å². The van der Waals surface area contributed by atoms with Gasteiger partial charge < -0.3 is 11.1 Å². The maximum Gasteiger partial charge on any atom is 0.240 e. The minimum atomic E-state index is -3.83. The van der Waals surface area contributed by atoms with E-state index in [1.165, 1.54) is 30.3 Å². The van der Waals surface area contributed by atoms with Crippen molar-refractivity contribution in [1.29, 1.82) is 0 Å². The molecule has 2 rings (SSSR count). The fraction of sp³-hybridized carbons (Fsp3) is 0. The zero-order chi connectivity index (χ0) is 14.0. The summed E-state index contributed by atoms with van der Waals surface area (Å²) in [6.07, 6.45) is 0. The number of primary sulfonamides is 1. The third-order valence-electron chi connectivity index (χ3n) is 2.45. The summed E-state index contributed by atoms with van der Waals surface area (Å²) in [5.74, 6) is -0.338. The lowest BCUT2D eigenvalue weighted by molar-refractivity contribution is 0.598. The normalized spacial score (nSPS) is 11.3. The van der Waals surface area contributed by atoms with Crippen LogP contribution in [0.5, 0.6) is 0 Å². The first-order valence-corrected chi connectivity index (χ1v) is 6.86. The molecule has 0 aromatic heterocycles. The number of nitrogens with two attached hydrogens (primary N) is 2. The Bertz CT molecular complexity index is 699. The van der Waals surface area contributed by atoms with Crippen LogP contribution in [-0.2, 0) is 10.0 Å². The maximum absolute atomic E-state index is 12.7. The third-order valence-corrected chi connectivity index (χ3v) is 3.43. The summed E-state index contributed by atoms with van der Waals surface area (Å²) in [6.45, 7) is 0. The fourth-order valence-electron chi connectivity index (χ4n) is 1.59. The van der Waals surface area contributed by atoms with Crippen LogP contribution in [0, 0.1) is 5.82 Å². The smallest absolute Gasteiger partial charge is 0.240 e. The SMILES string of the molecule is Nc1cc(Nc2ccc(F)cc2)ccc1S(N)(=O)=O. The molecule has 0 atom stereocenters. The molecule has 0 heterocycles. The fourth-order valence-corrected chi connectivity index (χ4v) is 2.23. The number of hydrogen-bond donors (Lipinski definition) is 3. The number of halogens is 1. The highest BCUT2D eigenvalue weighted by Gasteiger charge is 2.12. The molecule has 5 N–H and O–H groups in total. The number of hydrogen-bond acceptors (Lipinski definition) is 4. The summed E-state index contributed by atoms with van der Waals surface area (Å²) in [6, 6.07) is 10.0. The summed E-state index contributed by atoms with van der Waals surface area (Å²) in [4.78, 5) is -0.128. The van der Waals surface area contributed by atoms with Crippen molar-refractivity contribution in [3.8, 4) is 0 Å². The summed E-state index contributed by atoms with van der Waals surface area (Å²) < 4.78 is 35.1. The van der Waals surface area contributed by atoms with Gasteiger partial charge >= 0.3 is 0 Å². The monoisotopic (exact) mass is 281 g/mol. The van der Waals surface area contributed by atoms with Crippen molar-refractivity contribution >= 4 is 27.1 Å². The molecule has 0 spiro atoms. The molecule has 0 aliphatic carbocycles. The summed E-state index contributed by atoms with van der Waals surface area (Å²) in [5.41, 5.74) is 6.91. The van der Waals surface area contributed by atoms with E-state index in [0.717, 1.165) is 0 Å². The van der Waals surface area contributed by atoms with Gasteiger partial charge in [-0.1, -0.05) is 0 Å². The second kappa shape index (κ2) is 4.87. The standard InChI is InChI=1S/C12H12FN3O2S/c13-8-1-3-9(4-2-8)16-10-5-6-12(11(14)7-10)19(15,17)18/h1-7,16H,14H2,(H2,15,17,18). The summed E-state index contributed by atoms with van der Waals surface area (Å²) in [5, 5.41) is 7.98. The molecule has 2 aromatic rings. The van der Waals surface area contributed by atoms with Crippen molar-refractivity contribution in [2.45, 2.75) is 4.90 Å². The second-order valence-electron chi connectivity index (χ2n) is 3.93. The first-order valence-electron chi connectivity index (χ1n) is 5.31. The van der Waals surface area contributed by atoms with Crippen LogP contribution in [0.2, 0.25) is 0 Å². The molecule has 19 heavy (non-hydrogen) atoms. The van der Waals surface area contributed by atoms with Gasteiger partial charge in [0.25, 0.3) is 0 Å². The van der Waals surface area contributed by atoms with E-state index in [-0.39, 0.29) is 16.4 Å². The average Bonchev–Trinajstić information content (AvgIpc) is 2.30. The predicted molar refractivity (Wildman–Crippen MR) is 71.9 cm³/mol. The van der Waals surface area contributed by atoms with Gasteiger partial charge in [-0.3, -0.25) is 0 Å². The highest BCUT2D eigenvalue weighted by Crippen LogP contribution is 2.24. The van der Waals surface area contributed by atoms with Crippen molar-refractivity contribution in [3.63, 3.8) is 0 Å². The molecular weight excluding hydrogens is 269 g/mol. The van der Waals surface area contributed by atoms with Crippen molar-refractivity contribution in [1.82, 2.24) is 0 Å². The molecule has 7 heteroatoms. The zero-order valence-electron chi connectivity index (χ0n) is 9.80. The Morgan fingerprint density at radius 1 is 1.00 bits per heavy atom. The van der Waals surface area contributed by atoms with E-state index in [0.29, 0.717) is 11.4 Å². The molecule has 0 unspecified atom stereocenters. The molecule has 2 aromatic carbocycles. The molecular formula is C12H12FN3O2S. The number of rotatable bonds is 3. The van der Waals surface area contributed by atoms with Crippen molar-refractivity contribution in [2.75, 3.05) is 11.1 Å². The van der Waals surface area contributed by atoms with Crippen LogP contribution < -0.4 is 16.2 Å². The molecule has 0 amide bonds. The van der Waals surface area contributed by atoms with Crippen LogP contribution >= 0.6 is 0 Å². The third kappa shape index (κ3) is 3.21. The van der Waals surface area contributed by atoms with Gasteiger partial charge in [0.15, 0.2) is 0 Å². The Kier molecular flexibility index (Phi) is 3.41. The predicted octanol–water partition coefficient (Wildman–Crippen LogP) is 1.80. The Balaban J connectivity index is 2.28. The van der Waals surface area contributed by atoms with Crippen LogP contribution in [0.3, 0.4) is 0 Å². The largest absolute Gasteiger partial charge is 0.398 e. The molecule has 0 aliphatic rings. The minimum Gasteiger partial charge on any atom is -0.398 e. The Morgan fingerprint density at radius 2 is 1.58 bits per heavy atom. The molecule has 0 saturated carbocycles. The molecule has 100 valence electrons. The van der Waals surface area contributed by atoms with Gasteiger partial charge in [0.05, 0.1) is 5.69 Å². The number of sulfonamides is 1. The van der Waals surface area contributed by atoms with Gasteiger partial charge in [0.1, 0.15) is 10.7 Å². The average molecular weight is 281 g/mol. The highest BCUT2D eigenvalue weighted by atomic mass is 32.2. The first-order chi connectivity index (χ1) is 8.86. The summed E-state index contributed by atoms with van der Waals surface area (Å²) in [7, 11) is -3.83. The molecule has 0 bridgehead atoms. The second-order valence-corrected chi connectivity index (χ2v) is 5.46. The van der Waals surface area contributed by atoms with Gasteiger partial charge in [-0.15, -0.1) is 0 Å². The number of anilines is 3. The highest BCUT2D eigenvalue weighted by molar-refractivity contribution is 7.89. The van der Waals surface area contributed by atoms with E-state index in [9.17, 15) is 12.8 Å². The van der Waals surface area contributed by atoms with Crippen LogP contribution in [0.15, 0.2) is 47.4 Å². The number of nitrogen functional groups attached to an aromatic ring is 1. The maximum atomic E-state index is 12.7. The van der Waals surface area contributed by atoms with Crippen molar-refractivity contribution in [3.05, 3.63) is 48.3 Å². The first kappa shape index (κ1) is 13.3. The lowest BCUT2D eigenvalue weighted by Crippen LogP contribution is -2.14. The van der Waals surface area contributed by atoms with Gasteiger partial charge in [0, 0.05) is 11.4 Å². The summed E-state index contributed by atoms with van der Waals surface area (Å²) >= 11 is 0. The topological polar surface area (TPSA) is 98.2 Å². The van der Waals surface area contributed by atoms with Crippen molar-refractivity contribution < 1.29 is 12.8 Å². The van der Waals surface area contributed by atoms with E-state index < -0.39 is 10.0 Å². The number of benzene rings is 2. The van der Waals surface area contributed by atoms with E-state index in [1.54, 1.807) is 12.1 Å². The van der Waals surface area contributed by atoms with Gasteiger partial charge in [-0.05, 0) is 42.5 Å². The molecule has 0 saturated heterocycles. The lowest BCUT2D eigenvalue weighted by Gasteiger charge is -2.09. The zero-order valence-corrected chi connectivity index (χ0v) is 10.6. The van der Waals surface area contributed by atoms with Crippen LogP contribution in [-0.4, -0.2) is 8.42 Å². The minimum absolute atomic E-state index is 0.0506. The Labute approximate surface area is 110 Å². The van der Waals surface area contributed by atoms with E-state index >= 15 is 0 Å².